The van der Waals surface area contributed by atoms with Crippen molar-refractivity contribution in [2.24, 2.45) is 13.0 Å². The predicted octanol–water partition coefficient (Wildman–Crippen LogP) is 3.94. The number of aromatic nitrogens is 3. The van der Waals surface area contributed by atoms with E-state index in [1.54, 1.807) is 4.90 Å². The van der Waals surface area contributed by atoms with Crippen molar-refractivity contribution in [1.82, 2.24) is 19.6 Å². The van der Waals surface area contributed by atoms with Gasteiger partial charge in [-0.1, -0.05) is 49.3 Å². The Bertz CT molecular complexity index is 896. The van der Waals surface area contributed by atoms with E-state index in [1.165, 1.54) is 0 Å². The number of hydrogen-bond donors (Lipinski definition) is 0. The molecule has 0 bridgehead atoms. The van der Waals surface area contributed by atoms with Gasteiger partial charge in [0.2, 0.25) is 5.89 Å². The molecule has 1 aromatic carbocycles. The van der Waals surface area contributed by atoms with Crippen LogP contribution in [0.3, 0.4) is 0 Å². The van der Waals surface area contributed by atoms with Crippen molar-refractivity contribution in [1.29, 1.82) is 0 Å². The van der Waals surface area contributed by atoms with Gasteiger partial charge in [0, 0.05) is 25.7 Å². The van der Waals surface area contributed by atoms with Gasteiger partial charge in [-0.25, -0.2) is 0 Å². The lowest BCUT2D eigenvalue weighted by Crippen LogP contribution is -2.32. The Kier molecular flexibility index (Phi) is 5.74. The molecule has 0 aliphatic carbocycles. The molecule has 0 spiro atoms. The quantitative estimate of drug-likeness (QED) is 0.635. The molecular formula is C21H26N4O2. The molecule has 3 rings (SSSR count). The maximum absolute atomic E-state index is 13.0. The molecule has 0 N–H and O–H groups in total. The second kappa shape index (κ2) is 8.20. The molecule has 142 valence electrons. The molecule has 3 aromatic rings. The Morgan fingerprint density at radius 2 is 1.93 bits per heavy atom. The Morgan fingerprint density at radius 1 is 1.19 bits per heavy atom. The van der Waals surface area contributed by atoms with E-state index in [2.05, 4.69) is 24.0 Å². The number of amides is 1. The first-order chi connectivity index (χ1) is 13.0. The van der Waals surface area contributed by atoms with Gasteiger partial charge in [0.15, 0.2) is 5.82 Å². The second-order valence-electron chi connectivity index (χ2n) is 7.05. The summed E-state index contributed by atoms with van der Waals surface area (Å²) in [5.74, 6) is 1.56. The van der Waals surface area contributed by atoms with Gasteiger partial charge < -0.3 is 14.0 Å². The first-order valence-electron chi connectivity index (χ1n) is 9.31. The van der Waals surface area contributed by atoms with Crippen molar-refractivity contribution in [3.05, 3.63) is 59.9 Å². The minimum absolute atomic E-state index is 0.0441. The molecule has 0 radical (unpaired) electrons. The number of rotatable bonds is 7. The summed E-state index contributed by atoms with van der Waals surface area (Å²) in [6.07, 6.45) is 0.741. The van der Waals surface area contributed by atoms with Gasteiger partial charge in [0.1, 0.15) is 5.69 Å². The number of nitrogens with zero attached hydrogens (tertiary/aromatic N) is 4. The summed E-state index contributed by atoms with van der Waals surface area (Å²) in [5, 5.41) is 4.02. The second-order valence-corrected chi connectivity index (χ2v) is 7.05. The lowest BCUT2D eigenvalue weighted by molar-refractivity contribution is 0.0738. The minimum atomic E-state index is -0.0441. The maximum atomic E-state index is 13.0. The van der Waals surface area contributed by atoms with Crippen LogP contribution in [0.4, 0.5) is 0 Å². The number of benzene rings is 1. The number of hydrogen-bond acceptors (Lipinski definition) is 4. The number of carbonyl (C=O) groups excluding carboxylic acids is 1. The van der Waals surface area contributed by atoms with E-state index in [9.17, 15) is 4.79 Å². The van der Waals surface area contributed by atoms with Crippen LogP contribution in [0.1, 0.15) is 43.0 Å². The highest BCUT2D eigenvalue weighted by Gasteiger charge is 2.21. The molecule has 6 nitrogen and oxygen atoms in total. The summed E-state index contributed by atoms with van der Waals surface area (Å²) >= 11 is 0. The highest BCUT2D eigenvalue weighted by molar-refractivity contribution is 5.93. The third-order valence-electron chi connectivity index (χ3n) is 4.50. The van der Waals surface area contributed by atoms with E-state index in [4.69, 9.17) is 4.52 Å². The van der Waals surface area contributed by atoms with Crippen LogP contribution in [-0.4, -0.2) is 32.1 Å². The summed E-state index contributed by atoms with van der Waals surface area (Å²) in [4.78, 5) is 19.2. The summed E-state index contributed by atoms with van der Waals surface area (Å²) in [6, 6.07) is 13.9. The molecular weight excluding hydrogens is 340 g/mol. The van der Waals surface area contributed by atoms with Crippen molar-refractivity contribution in [3.63, 3.8) is 0 Å². The third kappa shape index (κ3) is 4.27. The molecule has 0 unspecified atom stereocenters. The molecule has 27 heavy (non-hydrogen) atoms. The van der Waals surface area contributed by atoms with Crippen LogP contribution in [0.2, 0.25) is 0 Å². The normalized spacial score (nSPS) is 11.1. The van der Waals surface area contributed by atoms with Crippen molar-refractivity contribution >= 4 is 5.91 Å². The largest absolute Gasteiger partial charge is 0.340 e. The van der Waals surface area contributed by atoms with Gasteiger partial charge in [-0.15, -0.1) is 0 Å². The summed E-state index contributed by atoms with van der Waals surface area (Å²) < 4.78 is 7.22. The zero-order valence-electron chi connectivity index (χ0n) is 16.3. The van der Waals surface area contributed by atoms with Crippen LogP contribution in [0, 0.1) is 5.92 Å². The highest BCUT2D eigenvalue weighted by atomic mass is 16.5. The van der Waals surface area contributed by atoms with E-state index < -0.39 is 0 Å². The molecule has 2 aromatic heterocycles. The van der Waals surface area contributed by atoms with E-state index in [0.29, 0.717) is 36.4 Å². The SMILES string of the molecule is CCN(Cc1noc(CC(C)C)n1)C(=O)c1ccc(-c2ccccc2)n1C. The van der Waals surface area contributed by atoms with Crippen LogP contribution in [0.15, 0.2) is 47.0 Å². The average Bonchev–Trinajstić information content (AvgIpc) is 3.25. The van der Waals surface area contributed by atoms with Gasteiger partial charge in [0.05, 0.1) is 6.54 Å². The number of carbonyl (C=O) groups is 1. The fraction of sp³-hybridized carbons (Fsp3) is 0.381. The van der Waals surface area contributed by atoms with Crippen LogP contribution >= 0.6 is 0 Å². The van der Waals surface area contributed by atoms with Crippen molar-refractivity contribution in [2.45, 2.75) is 33.7 Å². The van der Waals surface area contributed by atoms with E-state index in [0.717, 1.165) is 17.7 Å². The van der Waals surface area contributed by atoms with Gasteiger partial charge in [-0.3, -0.25) is 4.79 Å². The fourth-order valence-electron chi connectivity index (χ4n) is 3.07. The zero-order chi connectivity index (χ0) is 19.4. The topological polar surface area (TPSA) is 64.2 Å². The van der Waals surface area contributed by atoms with Crippen LogP contribution in [0.5, 0.6) is 0 Å². The Morgan fingerprint density at radius 3 is 2.59 bits per heavy atom. The first-order valence-corrected chi connectivity index (χ1v) is 9.31. The lowest BCUT2D eigenvalue weighted by atomic mass is 10.1. The van der Waals surface area contributed by atoms with Crippen molar-refractivity contribution in [2.75, 3.05) is 6.54 Å². The third-order valence-corrected chi connectivity index (χ3v) is 4.50. The van der Waals surface area contributed by atoms with E-state index in [-0.39, 0.29) is 5.91 Å². The predicted molar refractivity (Wildman–Crippen MR) is 104 cm³/mol. The average molecular weight is 366 g/mol. The maximum Gasteiger partial charge on any atom is 0.270 e. The Balaban J connectivity index is 1.77. The van der Waals surface area contributed by atoms with Crippen LogP contribution in [-0.2, 0) is 20.0 Å². The molecule has 6 heteroatoms. The highest BCUT2D eigenvalue weighted by Crippen LogP contribution is 2.22. The van der Waals surface area contributed by atoms with Gasteiger partial charge in [0.25, 0.3) is 5.91 Å². The van der Waals surface area contributed by atoms with Gasteiger partial charge in [-0.05, 0) is 30.5 Å². The van der Waals surface area contributed by atoms with Gasteiger partial charge >= 0.3 is 0 Å². The standard InChI is InChI=1S/C21H26N4O2/c1-5-25(14-19-22-20(27-23-19)13-15(2)3)21(26)18-12-11-17(24(18)4)16-9-7-6-8-10-16/h6-12,15H,5,13-14H2,1-4H3. The molecule has 0 fully saturated rings. The smallest absolute Gasteiger partial charge is 0.270 e. The Labute approximate surface area is 159 Å². The lowest BCUT2D eigenvalue weighted by Gasteiger charge is -2.19. The minimum Gasteiger partial charge on any atom is -0.340 e. The molecule has 0 atom stereocenters. The fourth-order valence-corrected chi connectivity index (χ4v) is 3.07. The van der Waals surface area contributed by atoms with Gasteiger partial charge in [-0.2, -0.15) is 4.98 Å². The van der Waals surface area contributed by atoms with E-state index in [1.807, 2.05) is 61.0 Å². The van der Waals surface area contributed by atoms with E-state index >= 15 is 0 Å². The summed E-state index contributed by atoms with van der Waals surface area (Å²) in [7, 11) is 1.92. The van der Waals surface area contributed by atoms with Crippen molar-refractivity contribution in [3.8, 4) is 11.3 Å². The molecule has 0 aliphatic heterocycles. The molecule has 1 amide bonds. The zero-order valence-corrected chi connectivity index (χ0v) is 16.3. The Hall–Kier alpha value is -2.89. The molecule has 0 saturated heterocycles. The summed E-state index contributed by atoms with van der Waals surface area (Å²) in [5.41, 5.74) is 2.73. The van der Waals surface area contributed by atoms with Crippen LogP contribution < -0.4 is 0 Å². The molecule has 2 heterocycles. The summed E-state index contributed by atoms with van der Waals surface area (Å²) in [6.45, 7) is 7.06. The monoisotopic (exact) mass is 366 g/mol. The van der Waals surface area contributed by atoms with Crippen LogP contribution in [0.25, 0.3) is 11.3 Å². The molecule has 0 aliphatic rings. The first kappa shape index (κ1) is 18.9. The molecule has 0 saturated carbocycles. The van der Waals surface area contributed by atoms with Crippen molar-refractivity contribution < 1.29 is 9.32 Å².